The fourth-order valence-electron chi connectivity index (χ4n) is 2.40. The number of nitrogens with zero attached hydrogens (tertiary/aromatic N) is 1. The van der Waals surface area contributed by atoms with Gasteiger partial charge < -0.3 is 4.98 Å². The predicted molar refractivity (Wildman–Crippen MR) is 73.6 cm³/mol. The maximum atomic E-state index is 12.8. The summed E-state index contributed by atoms with van der Waals surface area (Å²) in [6, 6.07) is 10.0. The number of para-hydroxylation sites is 1. The lowest BCUT2D eigenvalue weighted by Gasteiger charge is -2.10. The van der Waals surface area contributed by atoms with E-state index in [1.165, 1.54) is 16.7 Å². The van der Waals surface area contributed by atoms with Gasteiger partial charge in [0.1, 0.15) is 0 Å². The molecule has 0 aliphatic heterocycles. The number of aromatic amines is 1. The Balaban J connectivity index is 2.31. The molecule has 0 aliphatic rings. The fourth-order valence-corrected chi connectivity index (χ4v) is 2.40. The maximum Gasteiger partial charge on any atom is 0.416 e. The van der Waals surface area contributed by atoms with Crippen molar-refractivity contribution in [2.45, 2.75) is 13.1 Å². The first kappa shape index (κ1) is 13.5. The number of hydrogen-bond donors (Lipinski definition) is 1. The third-order valence-corrected chi connectivity index (χ3v) is 3.34. The average Bonchev–Trinajstić information content (AvgIpc) is 2.75. The normalized spacial score (nSPS) is 12.0. The highest BCUT2D eigenvalue weighted by molar-refractivity contribution is 5.80. The van der Waals surface area contributed by atoms with E-state index in [9.17, 15) is 18.0 Å². The van der Waals surface area contributed by atoms with Crippen LogP contribution in [0.25, 0.3) is 16.7 Å². The zero-order chi connectivity index (χ0) is 15.2. The van der Waals surface area contributed by atoms with Gasteiger partial charge in [0, 0.05) is 0 Å². The molecule has 0 atom stereocenters. The van der Waals surface area contributed by atoms with Gasteiger partial charge in [-0.2, -0.15) is 13.2 Å². The van der Waals surface area contributed by atoms with Crippen molar-refractivity contribution in [1.29, 1.82) is 0 Å². The van der Waals surface area contributed by atoms with E-state index in [0.29, 0.717) is 11.0 Å². The van der Waals surface area contributed by atoms with Gasteiger partial charge in [-0.15, -0.1) is 0 Å². The molecule has 6 heteroatoms. The second-order valence-electron chi connectivity index (χ2n) is 4.78. The molecule has 1 heterocycles. The quantitative estimate of drug-likeness (QED) is 0.730. The topological polar surface area (TPSA) is 37.8 Å². The lowest BCUT2D eigenvalue weighted by molar-refractivity contribution is -0.137. The van der Waals surface area contributed by atoms with Crippen molar-refractivity contribution in [3.63, 3.8) is 0 Å². The van der Waals surface area contributed by atoms with Gasteiger partial charge in [-0.25, -0.2) is 4.79 Å². The standard InChI is InChI=1S/C15H11F3N2O/c1-9-4-2-7-12-13(9)20(14(21)19-12)11-6-3-5-10(8-11)15(16,17)18/h2-8H,1H3,(H,19,21). The summed E-state index contributed by atoms with van der Waals surface area (Å²) in [5, 5.41) is 0. The molecule has 0 bridgehead atoms. The third-order valence-electron chi connectivity index (χ3n) is 3.34. The summed E-state index contributed by atoms with van der Waals surface area (Å²) in [6.07, 6.45) is -4.44. The third kappa shape index (κ3) is 2.22. The summed E-state index contributed by atoms with van der Waals surface area (Å²) in [5.41, 5.74) is 0.936. The lowest BCUT2D eigenvalue weighted by Crippen LogP contribution is -2.16. The van der Waals surface area contributed by atoms with Crippen LogP contribution in [-0.2, 0) is 6.18 Å². The predicted octanol–water partition coefficient (Wildman–Crippen LogP) is 3.65. The summed E-state index contributed by atoms with van der Waals surface area (Å²) >= 11 is 0. The summed E-state index contributed by atoms with van der Waals surface area (Å²) < 4.78 is 39.7. The number of aromatic nitrogens is 2. The first-order valence-electron chi connectivity index (χ1n) is 6.26. The molecule has 0 spiro atoms. The van der Waals surface area contributed by atoms with Crippen LogP contribution in [0.3, 0.4) is 0 Å². The summed E-state index contributed by atoms with van der Waals surface area (Å²) in [4.78, 5) is 14.7. The summed E-state index contributed by atoms with van der Waals surface area (Å²) in [5.74, 6) is 0. The Kier molecular flexibility index (Phi) is 2.90. The Morgan fingerprint density at radius 1 is 1.10 bits per heavy atom. The molecule has 0 unspecified atom stereocenters. The molecule has 0 aliphatic carbocycles. The van der Waals surface area contributed by atoms with Crippen molar-refractivity contribution in [2.24, 2.45) is 0 Å². The van der Waals surface area contributed by atoms with Crippen molar-refractivity contribution >= 4 is 11.0 Å². The van der Waals surface area contributed by atoms with Crippen molar-refractivity contribution in [1.82, 2.24) is 9.55 Å². The molecule has 2 aromatic carbocycles. The second-order valence-corrected chi connectivity index (χ2v) is 4.78. The molecule has 3 rings (SSSR count). The number of alkyl halides is 3. The Morgan fingerprint density at radius 3 is 2.52 bits per heavy atom. The minimum Gasteiger partial charge on any atom is -0.305 e. The number of aryl methyl sites for hydroxylation is 1. The van der Waals surface area contributed by atoms with E-state index >= 15 is 0 Å². The molecular formula is C15H11F3N2O. The zero-order valence-electron chi connectivity index (χ0n) is 11.0. The van der Waals surface area contributed by atoms with Crippen LogP contribution in [-0.4, -0.2) is 9.55 Å². The largest absolute Gasteiger partial charge is 0.416 e. The number of nitrogens with one attached hydrogen (secondary N) is 1. The smallest absolute Gasteiger partial charge is 0.305 e. The first-order valence-corrected chi connectivity index (χ1v) is 6.26. The highest BCUT2D eigenvalue weighted by Crippen LogP contribution is 2.30. The molecule has 0 saturated carbocycles. The number of imidazole rings is 1. The highest BCUT2D eigenvalue weighted by Gasteiger charge is 2.30. The Bertz CT molecular complexity index is 874. The Labute approximate surface area is 117 Å². The fraction of sp³-hybridized carbons (Fsp3) is 0.133. The molecule has 21 heavy (non-hydrogen) atoms. The summed E-state index contributed by atoms with van der Waals surface area (Å²) in [7, 11) is 0. The number of rotatable bonds is 1. The number of benzene rings is 2. The molecule has 3 nitrogen and oxygen atoms in total. The molecule has 1 N–H and O–H groups in total. The van der Waals surface area contributed by atoms with Crippen LogP contribution in [0.15, 0.2) is 47.3 Å². The van der Waals surface area contributed by atoms with Crippen molar-refractivity contribution in [2.75, 3.05) is 0 Å². The first-order chi connectivity index (χ1) is 9.88. The average molecular weight is 292 g/mol. The van der Waals surface area contributed by atoms with Crippen LogP contribution < -0.4 is 5.69 Å². The van der Waals surface area contributed by atoms with E-state index in [1.807, 2.05) is 0 Å². The number of H-pyrrole nitrogens is 1. The highest BCUT2D eigenvalue weighted by atomic mass is 19.4. The number of fused-ring (bicyclic) bond motifs is 1. The van der Waals surface area contributed by atoms with Crippen molar-refractivity contribution in [3.8, 4) is 5.69 Å². The summed E-state index contributed by atoms with van der Waals surface area (Å²) in [6.45, 7) is 1.81. The van der Waals surface area contributed by atoms with Gasteiger partial charge in [-0.05, 0) is 36.8 Å². The van der Waals surface area contributed by atoms with E-state index in [2.05, 4.69) is 4.98 Å². The van der Waals surface area contributed by atoms with Crippen LogP contribution in [0.2, 0.25) is 0 Å². The van der Waals surface area contributed by atoms with E-state index in [-0.39, 0.29) is 5.69 Å². The number of halogens is 3. The van der Waals surface area contributed by atoms with Crippen LogP contribution in [0.4, 0.5) is 13.2 Å². The van der Waals surface area contributed by atoms with Gasteiger partial charge in [-0.1, -0.05) is 18.2 Å². The SMILES string of the molecule is Cc1cccc2[nH]c(=O)n(-c3cccc(C(F)(F)F)c3)c12. The Hall–Kier alpha value is -2.50. The molecular weight excluding hydrogens is 281 g/mol. The van der Waals surface area contributed by atoms with E-state index in [0.717, 1.165) is 17.7 Å². The molecule has 0 radical (unpaired) electrons. The lowest BCUT2D eigenvalue weighted by atomic mass is 10.1. The van der Waals surface area contributed by atoms with E-state index in [1.54, 1.807) is 25.1 Å². The van der Waals surface area contributed by atoms with Crippen molar-refractivity contribution in [3.05, 3.63) is 64.1 Å². The van der Waals surface area contributed by atoms with Gasteiger partial charge in [0.15, 0.2) is 0 Å². The van der Waals surface area contributed by atoms with Crippen LogP contribution >= 0.6 is 0 Å². The van der Waals surface area contributed by atoms with Gasteiger partial charge >= 0.3 is 11.9 Å². The molecule has 0 fully saturated rings. The monoisotopic (exact) mass is 292 g/mol. The van der Waals surface area contributed by atoms with Gasteiger partial charge in [0.2, 0.25) is 0 Å². The maximum absolute atomic E-state index is 12.8. The molecule has 3 aromatic rings. The molecule has 0 amide bonds. The van der Waals surface area contributed by atoms with E-state index in [4.69, 9.17) is 0 Å². The van der Waals surface area contributed by atoms with Crippen LogP contribution in [0.5, 0.6) is 0 Å². The zero-order valence-corrected chi connectivity index (χ0v) is 11.0. The number of hydrogen-bond acceptors (Lipinski definition) is 1. The second kappa shape index (κ2) is 4.51. The van der Waals surface area contributed by atoms with Gasteiger partial charge in [-0.3, -0.25) is 4.57 Å². The van der Waals surface area contributed by atoms with Gasteiger partial charge in [0.05, 0.1) is 22.3 Å². The van der Waals surface area contributed by atoms with Crippen molar-refractivity contribution < 1.29 is 13.2 Å². The molecule has 108 valence electrons. The minimum absolute atomic E-state index is 0.190. The molecule has 1 aromatic heterocycles. The van der Waals surface area contributed by atoms with Gasteiger partial charge in [0.25, 0.3) is 0 Å². The molecule has 0 saturated heterocycles. The van der Waals surface area contributed by atoms with Crippen LogP contribution in [0, 0.1) is 6.92 Å². The Morgan fingerprint density at radius 2 is 1.81 bits per heavy atom. The van der Waals surface area contributed by atoms with Crippen LogP contribution in [0.1, 0.15) is 11.1 Å². The van der Waals surface area contributed by atoms with E-state index < -0.39 is 17.4 Å². The minimum atomic E-state index is -4.44.